The van der Waals surface area contributed by atoms with Crippen molar-refractivity contribution in [2.75, 3.05) is 0 Å². The highest BCUT2D eigenvalue weighted by atomic mass is 32.2. The number of hydrogen-bond donors (Lipinski definition) is 0. The summed E-state index contributed by atoms with van der Waals surface area (Å²) in [5.74, 6) is 0. The van der Waals surface area contributed by atoms with Crippen LogP contribution >= 0.6 is 0 Å². The third kappa shape index (κ3) is 3.99. The molecule has 0 fully saturated rings. The van der Waals surface area contributed by atoms with Gasteiger partial charge in [-0.3, -0.25) is 0 Å². The Labute approximate surface area is 189 Å². The van der Waals surface area contributed by atoms with Crippen LogP contribution in [0.15, 0.2) is 117 Å². The van der Waals surface area contributed by atoms with Gasteiger partial charge in [0.2, 0.25) is 19.7 Å². The molecule has 162 valence electrons. The molecule has 0 radical (unpaired) electrons. The van der Waals surface area contributed by atoms with Crippen LogP contribution in [0.4, 0.5) is 0 Å². The van der Waals surface area contributed by atoms with Crippen molar-refractivity contribution in [2.24, 2.45) is 0 Å². The van der Waals surface area contributed by atoms with Crippen LogP contribution in [-0.2, 0) is 19.7 Å². The van der Waals surface area contributed by atoms with Crippen LogP contribution in [0.25, 0.3) is 11.1 Å². The van der Waals surface area contributed by atoms with E-state index < -0.39 is 19.7 Å². The molecule has 0 spiro atoms. The van der Waals surface area contributed by atoms with Gasteiger partial charge in [-0.25, -0.2) is 16.8 Å². The molecule has 0 aliphatic carbocycles. The number of aryl methyl sites for hydroxylation is 2. The molecule has 0 aromatic heterocycles. The van der Waals surface area contributed by atoms with Gasteiger partial charge in [-0.1, -0.05) is 48.5 Å². The second-order valence-electron chi connectivity index (χ2n) is 7.59. The van der Waals surface area contributed by atoms with E-state index >= 15 is 0 Å². The molecular formula is C26H22O4S2. The Bertz CT molecular complexity index is 1470. The molecule has 32 heavy (non-hydrogen) atoms. The van der Waals surface area contributed by atoms with Gasteiger partial charge in [-0.2, -0.15) is 0 Å². The summed E-state index contributed by atoms with van der Waals surface area (Å²) in [5.41, 5.74) is 3.11. The summed E-state index contributed by atoms with van der Waals surface area (Å²) >= 11 is 0. The predicted molar refractivity (Wildman–Crippen MR) is 125 cm³/mol. The van der Waals surface area contributed by atoms with E-state index in [0.29, 0.717) is 5.56 Å². The average Bonchev–Trinajstić information content (AvgIpc) is 2.81. The zero-order valence-electron chi connectivity index (χ0n) is 17.7. The minimum atomic E-state index is -3.63. The maximum atomic E-state index is 13.1. The summed E-state index contributed by atoms with van der Waals surface area (Å²) in [6.45, 7) is 3.63. The Morgan fingerprint density at radius 2 is 0.969 bits per heavy atom. The largest absolute Gasteiger partial charge is 0.219 e. The molecule has 0 saturated carbocycles. The Morgan fingerprint density at radius 3 is 1.50 bits per heavy atom. The lowest BCUT2D eigenvalue weighted by atomic mass is 9.98. The topological polar surface area (TPSA) is 68.3 Å². The highest BCUT2D eigenvalue weighted by Gasteiger charge is 2.22. The van der Waals surface area contributed by atoms with E-state index in [9.17, 15) is 16.8 Å². The summed E-state index contributed by atoms with van der Waals surface area (Å²) in [5, 5.41) is 0. The van der Waals surface area contributed by atoms with Crippen molar-refractivity contribution in [1.29, 1.82) is 0 Å². The van der Waals surface area contributed by atoms with Gasteiger partial charge in [0, 0.05) is 0 Å². The molecule has 0 heterocycles. The Morgan fingerprint density at radius 1 is 0.500 bits per heavy atom. The van der Waals surface area contributed by atoms with Crippen LogP contribution in [0.5, 0.6) is 0 Å². The number of hydrogen-bond acceptors (Lipinski definition) is 4. The first-order valence-electron chi connectivity index (χ1n) is 10.0. The summed E-state index contributed by atoms with van der Waals surface area (Å²) in [7, 11) is -7.22. The maximum Gasteiger partial charge on any atom is 0.206 e. The van der Waals surface area contributed by atoms with Crippen LogP contribution in [0.2, 0.25) is 0 Å². The van der Waals surface area contributed by atoms with Crippen LogP contribution in [0.3, 0.4) is 0 Å². The van der Waals surface area contributed by atoms with E-state index in [1.165, 1.54) is 0 Å². The SMILES string of the molecule is Cc1cc(S(=O)(=O)c2ccccc2)c(C)cc1-c1ccc(S(=O)(=O)c2ccccc2)cc1. The van der Waals surface area contributed by atoms with Gasteiger partial charge in [0.15, 0.2) is 0 Å². The molecule has 0 aliphatic heterocycles. The molecule has 4 aromatic rings. The van der Waals surface area contributed by atoms with E-state index in [-0.39, 0.29) is 19.6 Å². The van der Waals surface area contributed by atoms with Gasteiger partial charge in [-0.05, 0) is 84.6 Å². The van der Waals surface area contributed by atoms with Crippen molar-refractivity contribution < 1.29 is 16.8 Å². The molecule has 4 rings (SSSR count). The van der Waals surface area contributed by atoms with Crippen LogP contribution in [0.1, 0.15) is 11.1 Å². The fourth-order valence-corrected chi connectivity index (χ4v) is 6.53. The van der Waals surface area contributed by atoms with Crippen molar-refractivity contribution in [1.82, 2.24) is 0 Å². The molecule has 0 aliphatic rings. The molecule has 4 nitrogen and oxygen atoms in total. The number of benzene rings is 4. The van der Waals surface area contributed by atoms with Gasteiger partial charge in [0.1, 0.15) is 0 Å². The fraction of sp³-hybridized carbons (Fsp3) is 0.0769. The standard InChI is InChI=1S/C26H22O4S2/c1-19-18-26(32(29,30)23-11-7-4-8-12-23)20(2)17-25(19)21-13-15-24(16-14-21)31(27,28)22-9-5-3-6-10-22/h3-18H,1-2H3. The van der Waals surface area contributed by atoms with Crippen LogP contribution in [0, 0.1) is 13.8 Å². The first-order chi connectivity index (χ1) is 15.2. The minimum absolute atomic E-state index is 0.213. The quantitative estimate of drug-likeness (QED) is 0.385. The fourth-order valence-electron chi connectivity index (χ4n) is 3.67. The second-order valence-corrected chi connectivity index (χ2v) is 11.5. The predicted octanol–water partition coefficient (Wildman–Crippen LogP) is 5.64. The van der Waals surface area contributed by atoms with E-state index in [1.54, 1.807) is 97.9 Å². The molecule has 0 bridgehead atoms. The Kier molecular flexibility index (Phi) is 5.75. The third-order valence-electron chi connectivity index (χ3n) is 5.39. The summed E-state index contributed by atoms with van der Waals surface area (Å²) < 4.78 is 51.8. The van der Waals surface area contributed by atoms with Gasteiger partial charge in [-0.15, -0.1) is 0 Å². The smallest absolute Gasteiger partial charge is 0.206 e. The third-order valence-corrected chi connectivity index (χ3v) is 9.09. The normalized spacial score (nSPS) is 11.9. The summed E-state index contributed by atoms with van der Waals surface area (Å²) in [4.78, 5) is 0.985. The molecule has 0 unspecified atom stereocenters. The molecule has 0 N–H and O–H groups in total. The van der Waals surface area contributed by atoms with E-state index in [4.69, 9.17) is 0 Å². The highest BCUT2D eigenvalue weighted by molar-refractivity contribution is 7.91. The molecule has 0 saturated heterocycles. The van der Waals surface area contributed by atoms with E-state index in [0.717, 1.165) is 16.7 Å². The van der Waals surface area contributed by atoms with Gasteiger partial charge >= 0.3 is 0 Å². The van der Waals surface area contributed by atoms with Crippen LogP contribution in [-0.4, -0.2) is 16.8 Å². The Balaban J connectivity index is 1.72. The van der Waals surface area contributed by atoms with Crippen LogP contribution < -0.4 is 0 Å². The number of sulfone groups is 2. The first kappa shape index (κ1) is 22.0. The van der Waals surface area contributed by atoms with Gasteiger partial charge < -0.3 is 0 Å². The number of rotatable bonds is 5. The maximum absolute atomic E-state index is 13.1. The van der Waals surface area contributed by atoms with E-state index in [1.807, 2.05) is 13.0 Å². The molecule has 0 atom stereocenters. The molecule has 0 amide bonds. The lowest BCUT2D eigenvalue weighted by Crippen LogP contribution is -2.05. The monoisotopic (exact) mass is 462 g/mol. The van der Waals surface area contributed by atoms with E-state index in [2.05, 4.69) is 0 Å². The molecular weight excluding hydrogens is 440 g/mol. The van der Waals surface area contributed by atoms with Crippen molar-refractivity contribution in [3.8, 4) is 11.1 Å². The average molecular weight is 463 g/mol. The molecule has 6 heteroatoms. The lowest BCUT2D eigenvalue weighted by molar-refractivity contribution is 0.594. The molecule has 4 aromatic carbocycles. The summed E-state index contributed by atoms with van der Waals surface area (Å²) in [6, 6.07) is 26.9. The van der Waals surface area contributed by atoms with Crippen molar-refractivity contribution in [3.05, 3.63) is 108 Å². The highest BCUT2D eigenvalue weighted by Crippen LogP contribution is 2.32. The first-order valence-corrected chi connectivity index (χ1v) is 13.0. The van der Waals surface area contributed by atoms with Crippen molar-refractivity contribution >= 4 is 19.7 Å². The Hall–Kier alpha value is -3.22. The second kappa shape index (κ2) is 8.37. The zero-order valence-corrected chi connectivity index (χ0v) is 19.3. The zero-order chi connectivity index (χ0) is 22.9. The lowest BCUT2D eigenvalue weighted by Gasteiger charge is -2.14. The summed E-state index contributed by atoms with van der Waals surface area (Å²) in [6.07, 6.45) is 0. The van der Waals surface area contributed by atoms with Gasteiger partial charge in [0.05, 0.1) is 19.6 Å². The van der Waals surface area contributed by atoms with Crippen molar-refractivity contribution in [2.45, 2.75) is 33.4 Å². The van der Waals surface area contributed by atoms with Gasteiger partial charge in [0.25, 0.3) is 0 Å². The minimum Gasteiger partial charge on any atom is -0.219 e. The van der Waals surface area contributed by atoms with Crippen molar-refractivity contribution in [3.63, 3.8) is 0 Å².